The Balaban J connectivity index is 2.43. The Morgan fingerprint density at radius 2 is 2.11 bits per heavy atom. The normalized spacial score (nSPS) is 11.9. The van der Waals surface area contributed by atoms with Crippen LogP contribution in [0.1, 0.15) is 17.3 Å². The summed E-state index contributed by atoms with van der Waals surface area (Å²) in [5, 5.41) is 0. The van der Waals surface area contributed by atoms with Gasteiger partial charge >= 0.3 is 0 Å². The summed E-state index contributed by atoms with van der Waals surface area (Å²) in [7, 11) is 1.62. The van der Waals surface area contributed by atoms with Crippen LogP contribution in [0.15, 0.2) is 24.3 Å². The second-order valence-corrected chi connectivity index (χ2v) is 3.95. The zero-order valence-corrected chi connectivity index (χ0v) is 11.2. The first-order chi connectivity index (χ1) is 9.19. The molecule has 3 N–H and O–H groups in total. The fraction of sp³-hybridized carbons (Fsp3) is 0.462. The Kier molecular flexibility index (Phi) is 6.88. The van der Waals surface area contributed by atoms with Crippen LogP contribution in [-0.2, 0) is 9.47 Å². The highest BCUT2D eigenvalue weighted by atomic mass is 16.5. The quantitative estimate of drug-likeness (QED) is 0.314. The fourth-order valence-corrected chi connectivity index (χ4v) is 1.54. The lowest BCUT2D eigenvalue weighted by Gasteiger charge is -2.13. The average Bonchev–Trinajstić information content (AvgIpc) is 2.43. The summed E-state index contributed by atoms with van der Waals surface area (Å²) in [5.74, 6) is 5.20. The monoisotopic (exact) mass is 268 g/mol. The van der Waals surface area contributed by atoms with Gasteiger partial charge in [-0.1, -0.05) is 12.1 Å². The molecule has 1 atom stereocenters. The van der Waals surface area contributed by atoms with Crippen molar-refractivity contribution in [1.82, 2.24) is 5.43 Å². The van der Waals surface area contributed by atoms with E-state index in [9.17, 15) is 4.79 Å². The molecule has 0 aliphatic heterocycles. The summed E-state index contributed by atoms with van der Waals surface area (Å²) in [5.41, 5.74) is 2.48. The van der Waals surface area contributed by atoms with Crippen LogP contribution in [0, 0.1) is 0 Å². The van der Waals surface area contributed by atoms with Gasteiger partial charge in [-0.05, 0) is 19.1 Å². The number of nitrogen functional groups attached to an aromatic ring is 1. The molecule has 0 bridgehead atoms. The number of carbonyl (C=O) groups is 1. The molecule has 19 heavy (non-hydrogen) atoms. The summed E-state index contributed by atoms with van der Waals surface area (Å²) in [6.45, 7) is 3.22. The molecule has 1 amide bonds. The molecule has 0 heterocycles. The van der Waals surface area contributed by atoms with Crippen molar-refractivity contribution in [3.63, 3.8) is 0 Å². The molecule has 6 heteroatoms. The number of para-hydroxylation sites is 1. The fourth-order valence-electron chi connectivity index (χ4n) is 1.54. The summed E-state index contributed by atoms with van der Waals surface area (Å²) < 4.78 is 15.9. The van der Waals surface area contributed by atoms with Gasteiger partial charge in [0.2, 0.25) is 0 Å². The van der Waals surface area contributed by atoms with Crippen LogP contribution in [0.4, 0.5) is 0 Å². The molecule has 6 nitrogen and oxygen atoms in total. The van der Waals surface area contributed by atoms with E-state index < -0.39 is 0 Å². The van der Waals surface area contributed by atoms with Crippen LogP contribution < -0.4 is 16.0 Å². The van der Waals surface area contributed by atoms with Crippen molar-refractivity contribution in [2.45, 2.75) is 13.0 Å². The van der Waals surface area contributed by atoms with Crippen molar-refractivity contribution in [2.75, 3.05) is 26.9 Å². The van der Waals surface area contributed by atoms with E-state index in [2.05, 4.69) is 5.43 Å². The molecule has 0 aliphatic carbocycles. The molecule has 0 spiro atoms. The molecule has 0 fully saturated rings. The number of benzene rings is 1. The highest BCUT2D eigenvalue weighted by Gasteiger charge is 2.10. The molecular weight excluding hydrogens is 248 g/mol. The maximum Gasteiger partial charge on any atom is 0.268 e. The number of hydrogen-bond acceptors (Lipinski definition) is 5. The van der Waals surface area contributed by atoms with E-state index in [0.717, 1.165) is 0 Å². The SMILES string of the molecule is COCC(C)OCCOc1ccccc1C(=O)NN. The number of hydrazine groups is 1. The van der Waals surface area contributed by atoms with Crippen molar-refractivity contribution in [3.8, 4) is 5.75 Å². The van der Waals surface area contributed by atoms with Gasteiger partial charge in [0, 0.05) is 7.11 Å². The number of amides is 1. The van der Waals surface area contributed by atoms with Crippen LogP contribution in [-0.4, -0.2) is 38.9 Å². The predicted molar refractivity (Wildman–Crippen MR) is 70.9 cm³/mol. The number of nitrogens with two attached hydrogens (primary N) is 1. The van der Waals surface area contributed by atoms with Crippen LogP contribution in [0.2, 0.25) is 0 Å². The van der Waals surface area contributed by atoms with E-state index >= 15 is 0 Å². The van der Waals surface area contributed by atoms with Gasteiger partial charge < -0.3 is 14.2 Å². The van der Waals surface area contributed by atoms with E-state index in [1.165, 1.54) is 0 Å². The van der Waals surface area contributed by atoms with Crippen molar-refractivity contribution in [3.05, 3.63) is 29.8 Å². The lowest BCUT2D eigenvalue weighted by Crippen LogP contribution is -2.30. The first-order valence-electron chi connectivity index (χ1n) is 6.02. The second kappa shape index (κ2) is 8.47. The number of nitrogens with one attached hydrogen (secondary N) is 1. The number of carbonyl (C=O) groups excluding carboxylic acids is 1. The summed E-state index contributed by atoms with van der Waals surface area (Å²) in [6.07, 6.45) is 0.0104. The van der Waals surface area contributed by atoms with Crippen molar-refractivity contribution >= 4 is 5.91 Å². The van der Waals surface area contributed by atoms with Crippen molar-refractivity contribution in [1.29, 1.82) is 0 Å². The zero-order chi connectivity index (χ0) is 14.1. The Bertz CT molecular complexity index is 398. The number of methoxy groups -OCH3 is 1. The smallest absolute Gasteiger partial charge is 0.268 e. The maximum atomic E-state index is 11.5. The minimum atomic E-state index is -0.385. The highest BCUT2D eigenvalue weighted by Crippen LogP contribution is 2.17. The van der Waals surface area contributed by atoms with E-state index in [1.54, 1.807) is 31.4 Å². The third kappa shape index (κ3) is 5.25. The molecule has 0 saturated carbocycles. The maximum absolute atomic E-state index is 11.5. The van der Waals surface area contributed by atoms with E-state index in [0.29, 0.717) is 31.1 Å². The summed E-state index contributed by atoms with van der Waals surface area (Å²) >= 11 is 0. The molecule has 1 rings (SSSR count). The minimum absolute atomic E-state index is 0.0104. The van der Waals surface area contributed by atoms with Gasteiger partial charge in [0.1, 0.15) is 12.4 Å². The predicted octanol–water partition coefficient (Wildman–Crippen LogP) is 0.720. The minimum Gasteiger partial charge on any atom is -0.490 e. The molecule has 0 aliphatic rings. The Hall–Kier alpha value is -1.63. The first kappa shape index (κ1) is 15.4. The van der Waals surface area contributed by atoms with Crippen LogP contribution >= 0.6 is 0 Å². The van der Waals surface area contributed by atoms with Crippen LogP contribution in [0.5, 0.6) is 5.75 Å². The molecular formula is C13H20N2O4. The van der Waals surface area contributed by atoms with E-state index in [-0.39, 0.29) is 12.0 Å². The van der Waals surface area contributed by atoms with Gasteiger partial charge in [-0.25, -0.2) is 5.84 Å². The van der Waals surface area contributed by atoms with Gasteiger partial charge in [0.15, 0.2) is 0 Å². The zero-order valence-electron chi connectivity index (χ0n) is 11.2. The largest absolute Gasteiger partial charge is 0.490 e. The molecule has 0 aromatic heterocycles. The summed E-state index contributed by atoms with van der Waals surface area (Å²) in [4.78, 5) is 11.5. The Morgan fingerprint density at radius 3 is 2.79 bits per heavy atom. The molecule has 1 aromatic rings. The first-order valence-corrected chi connectivity index (χ1v) is 6.02. The lowest BCUT2D eigenvalue weighted by atomic mass is 10.2. The second-order valence-electron chi connectivity index (χ2n) is 3.95. The van der Waals surface area contributed by atoms with Gasteiger partial charge in [-0.15, -0.1) is 0 Å². The third-order valence-electron chi connectivity index (χ3n) is 2.41. The summed E-state index contributed by atoms with van der Waals surface area (Å²) in [6, 6.07) is 6.89. The standard InChI is InChI=1S/C13H20N2O4/c1-10(9-17-2)18-7-8-19-12-6-4-3-5-11(12)13(16)15-14/h3-6,10H,7-9,14H2,1-2H3,(H,15,16). The van der Waals surface area contributed by atoms with E-state index in [4.69, 9.17) is 20.1 Å². The number of rotatable bonds is 8. The average molecular weight is 268 g/mol. The molecule has 0 saturated heterocycles. The highest BCUT2D eigenvalue weighted by molar-refractivity contribution is 5.96. The molecule has 0 radical (unpaired) electrons. The lowest BCUT2D eigenvalue weighted by molar-refractivity contribution is -0.00222. The molecule has 1 unspecified atom stereocenters. The Labute approximate surface area is 112 Å². The van der Waals surface area contributed by atoms with Crippen molar-refractivity contribution < 1.29 is 19.0 Å². The topological polar surface area (TPSA) is 82.8 Å². The van der Waals surface area contributed by atoms with Gasteiger partial charge in [0.25, 0.3) is 5.91 Å². The van der Waals surface area contributed by atoms with Crippen LogP contribution in [0.25, 0.3) is 0 Å². The van der Waals surface area contributed by atoms with Gasteiger partial charge in [-0.3, -0.25) is 10.2 Å². The number of hydrogen-bond donors (Lipinski definition) is 2. The number of ether oxygens (including phenoxy) is 3. The Morgan fingerprint density at radius 1 is 1.37 bits per heavy atom. The van der Waals surface area contributed by atoms with Crippen molar-refractivity contribution in [2.24, 2.45) is 5.84 Å². The van der Waals surface area contributed by atoms with Crippen LogP contribution in [0.3, 0.4) is 0 Å². The van der Waals surface area contributed by atoms with E-state index in [1.807, 2.05) is 6.92 Å². The molecule has 1 aromatic carbocycles. The molecule has 106 valence electrons. The van der Waals surface area contributed by atoms with Gasteiger partial charge in [0.05, 0.1) is 24.9 Å². The van der Waals surface area contributed by atoms with Gasteiger partial charge in [-0.2, -0.15) is 0 Å². The third-order valence-corrected chi connectivity index (χ3v) is 2.41.